The Balaban J connectivity index is 3.97. The van der Waals surface area contributed by atoms with Crippen LogP contribution in [0.2, 0.25) is 11.1 Å². The van der Waals surface area contributed by atoms with Crippen LogP contribution in [-0.2, 0) is 4.43 Å². The van der Waals surface area contributed by atoms with E-state index in [0.29, 0.717) is 17.7 Å². The molecule has 0 aliphatic carbocycles. The molecule has 0 saturated heterocycles. The Morgan fingerprint density at radius 1 is 1.29 bits per heavy atom. The van der Waals surface area contributed by atoms with E-state index in [1.165, 1.54) is 0 Å². The van der Waals surface area contributed by atoms with Crippen molar-refractivity contribution in [2.24, 2.45) is 0 Å². The molecule has 0 aliphatic rings. The summed E-state index contributed by atoms with van der Waals surface area (Å²) in [5.74, 6) is 5.90. The minimum atomic E-state index is -0.709. The molecule has 2 heteroatoms. The van der Waals surface area contributed by atoms with Gasteiger partial charge in [0, 0.05) is 0 Å². The highest BCUT2D eigenvalue weighted by atomic mass is 28.3. The number of allylic oxidation sites excluding steroid dienone is 1. The van der Waals surface area contributed by atoms with Crippen molar-refractivity contribution in [3.63, 3.8) is 0 Å². The Bertz CT molecular complexity index is 224. The van der Waals surface area contributed by atoms with Gasteiger partial charge in [-0.3, -0.25) is 0 Å². The lowest BCUT2D eigenvalue weighted by molar-refractivity contribution is 0.358. The molecular weight excluding hydrogens is 188 g/mol. The summed E-state index contributed by atoms with van der Waals surface area (Å²) in [6, 6.07) is 0. The SMILES string of the molecule is C=C(C)C#CCO[Si](C(C)C)C(C)C. The lowest BCUT2D eigenvalue weighted by Crippen LogP contribution is -2.25. The number of rotatable bonds is 4. The molecule has 0 aromatic heterocycles. The predicted octanol–water partition coefficient (Wildman–Crippen LogP) is 3.39. The maximum atomic E-state index is 5.80. The predicted molar refractivity (Wildman–Crippen MR) is 64.5 cm³/mol. The van der Waals surface area contributed by atoms with E-state index < -0.39 is 9.04 Å². The van der Waals surface area contributed by atoms with Crippen molar-refractivity contribution < 1.29 is 4.43 Å². The van der Waals surface area contributed by atoms with E-state index in [9.17, 15) is 0 Å². The summed E-state index contributed by atoms with van der Waals surface area (Å²) in [6.45, 7) is 15.1. The summed E-state index contributed by atoms with van der Waals surface area (Å²) in [5, 5.41) is 0. The standard InChI is InChI=1S/C12H21OSi/c1-10(2)8-7-9-13-14(11(3)4)12(5)6/h11-12H,1,9H2,2-6H3. The van der Waals surface area contributed by atoms with Gasteiger partial charge in [-0.1, -0.05) is 46.1 Å². The van der Waals surface area contributed by atoms with Gasteiger partial charge < -0.3 is 4.43 Å². The van der Waals surface area contributed by atoms with Gasteiger partial charge >= 0.3 is 0 Å². The fourth-order valence-electron chi connectivity index (χ4n) is 1.31. The van der Waals surface area contributed by atoms with Crippen molar-refractivity contribution in [2.75, 3.05) is 6.61 Å². The molecule has 0 aliphatic heterocycles. The third-order valence-corrected chi connectivity index (χ3v) is 4.50. The Kier molecular flexibility index (Phi) is 6.60. The lowest BCUT2D eigenvalue weighted by atomic mass is 10.4. The Morgan fingerprint density at radius 2 is 1.79 bits per heavy atom. The highest BCUT2D eigenvalue weighted by molar-refractivity contribution is 6.55. The van der Waals surface area contributed by atoms with Gasteiger partial charge in [-0.15, -0.1) is 0 Å². The molecular formula is C12H21OSi. The molecule has 0 atom stereocenters. The van der Waals surface area contributed by atoms with Crippen molar-refractivity contribution in [1.29, 1.82) is 0 Å². The first-order valence-corrected chi connectivity index (χ1v) is 6.65. The molecule has 14 heavy (non-hydrogen) atoms. The summed E-state index contributed by atoms with van der Waals surface area (Å²) < 4.78 is 5.80. The summed E-state index contributed by atoms with van der Waals surface area (Å²) in [5.41, 5.74) is 2.19. The van der Waals surface area contributed by atoms with Crippen molar-refractivity contribution in [3.8, 4) is 11.8 Å². The first-order chi connectivity index (χ1) is 6.45. The zero-order valence-corrected chi connectivity index (χ0v) is 11.0. The van der Waals surface area contributed by atoms with E-state index in [1.54, 1.807) is 0 Å². The van der Waals surface area contributed by atoms with Gasteiger partial charge in [-0.25, -0.2) is 0 Å². The molecule has 0 amide bonds. The Morgan fingerprint density at radius 3 is 2.14 bits per heavy atom. The number of hydrogen-bond donors (Lipinski definition) is 0. The molecule has 79 valence electrons. The Labute approximate surface area is 90.3 Å². The van der Waals surface area contributed by atoms with Crippen LogP contribution in [-0.4, -0.2) is 15.6 Å². The summed E-state index contributed by atoms with van der Waals surface area (Å²) in [4.78, 5) is 0. The maximum Gasteiger partial charge on any atom is 0.218 e. The van der Waals surface area contributed by atoms with Gasteiger partial charge in [0.1, 0.15) is 0 Å². The molecule has 0 aromatic carbocycles. The zero-order chi connectivity index (χ0) is 11.1. The monoisotopic (exact) mass is 209 g/mol. The average molecular weight is 209 g/mol. The van der Waals surface area contributed by atoms with Gasteiger partial charge in [-0.2, -0.15) is 0 Å². The van der Waals surface area contributed by atoms with Crippen LogP contribution in [0.3, 0.4) is 0 Å². The second-order valence-electron chi connectivity index (χ2n) is 4.08. The van der Waals surface area contributed by atoms with Gasteiger partial charge in [0.25, 0.3) is 0 Å². The highest BCUT2D eigenvalue weighted by Gasteiger charge is 2.21. The van der Waals surface area contributed by atoms with Crippen molar-refractivity contribution >= 4 is 9.04 Å². The minimum Gasteiger partial charge on any atom is -0.405 e. The Hall–Kier alpha value is -0.523. The normalized spacial score (nSPS) is 10.6. The quantitative estimate of drug-likeness (QED) is 0.509. The fourth-order valence-corrected chi connectivity index (χ4v) is 3.55. The molecule has 0 fully saturated rings. The molecule has 0 saturated carbocycles. The van der Waals surface area contributed by atoms with Gasteiger partial charge in [-0.05, 0) is 23.6 Å². The van der Waals surface area contributed by atoms with Crippen LogP contribution in [0.4, 0.5) is 0 Å². The van der Waals surface area contributed by atoms with Crippen molar-refractivity contribution in [1.82, 2.24) is 0 Å². The van der Waals surface area contributed by atoms with E-state index in [1.807, 2.05) is 6.92 Å². The van der Waals surface area contributed by atoms with E-state index in [0.717, 1.165) is 5.57 Å². The second kappa shape index (κ2) is 6.86. The molecule has 0 spiro atoms. The highest BCUT2D eigenvalue weighted by Crippen LogP contribution is 2.20. The molecule has 1 radical (unpaired) electrons. The van der Waals surface area contributed by atoms with Crippen LogP contribution in [0.25, 0.3) is 0 Å². The maximum absolute atomic E-state index is 5.80. The zero-order valence-electron chi connectivity index (χ0n) is 9.98. The lowest BCUT2D eigenvalue weighted by Gasteiger charge is -2.20. The number of hydrogen-bond acceptors (Lipinski definition) is 1. The molecule has 0 aromatic rings. The molecule has 0 bridgehead atoms. The van der Waals surface area contributed by atoms with E-state index in [-0.39, 0.29) is 0 Å². The van der Waals surface area contributed by atoms with Crippen LogP contribution in [0.15, 0.2) is 12.2 Å². The third kappa shape index (κ3) is 6.01. The van der Waals surface area contributed by atoms with Crippen LogP contribution >= 0.6 is 0 Å². The van der Waals surface area contributed by atoms with Gasteiger partial charge in [0.2, 0.25) is 9.04 Å². The van der Waals surface area contributed by atoms with Crippen LogP contribution in [0, 0.1) is 11.8 Å². The van der Waals surface area contributed by atoms with Gasteiger partial charge in [0.15, 0.2) is 0 Å². The van der Waals surface area contributed by atoms with E-state index >= 15 is 0 Å². The van der Waals surface area contributed by atoms with Gasteiger partial charge in [0.05, 0.1) is 6.61 Å². The third-order valence-electron chi connectivity index (χ3n) is 1.75. The molecule has 0 heterocycles. The molecule has 1 nitrogen and oxygen atoms in total. The molecule has 0 rings (SSSR count). The summed E-state index contributed by atoms with van der Waals surface area (Å²) >= 11 is 0. The fraction of sp³-hybridized carbons (Fsp3) is 0.667. The topological polar surface area (TPSA) is 9.23 Å². The molecule has 0 unspecified atom stereocenters. The van der Waals surface area contributed by atoms with Crippen LogP contribution in [0.1, 0.15) is 34.6 Å². The van der Waals surface area contributed by atoms with Crippen LogP contribution < -0.4 is 0 Å². The smallest absolute Gasteiger partial charge is 0.218 e. The van der Waals surface area contributed by atoms with Crippen LogP contribution in [0.5, 0.6) is 0 Å². The first kappa shape index (κ1) is 13.5. The van der Waals surface area contributed by atoms with E-state index in [4.69, 9.17) is 4.43 Å². The van der Waals surface area contributed by atoms with Crippen molar-refractivity contribution in [2.45, 2.75) is 45.7 Å². The second-order valence-corrected chi connectivity index (χ2v) is 7.49. The average Bonchev–Trinajstić information content (AvgIpc) is 2.01. The van der Waals surface area contributed by atoms with Crippen molar-refractivity contribution in [3.05, 3.63) is 12.2 Å². The molecule has 0 N–H and O–H groups in total. The first-order valence-electron chi connectivity index (χ1n) is 5.09. The largest absolute Gasteiger partial charge is 0.405 e. The van der Waals surface area contributed by atoms with E-state index in [2.05, 4.69) is 46.1 Å². The minimum absolute atomic E-state index is 0.553. The summed E-state index contributed by atoms with van der Waals surface area (Å²) in [6.07, 6.45) is 0. The summed E-state index contributed by atoms with van der Waals surface area (Å²) in [7, 11) is -0.709.